The van der Waals surface area contributed by atoms with E-state index in [-0.39, 0.29) is 22.9 Å². The van der Waals surface area contributed by atoms with Gasteiger partial charge in [-0.1, -0.05) is 0 Å². The molecular weight excluding hydrogens is 419 g/mol. The minimum absolute atomic E-state index is 0. The molecule has 0 aliphatic rings. The first kappa shape index (κ1) is 21.3. The van der Waals surface area contributed by atoms with Gasteiger partial charge in [0.05, 0.1) is 0 Å². The third kappa shape index (κ3) is 4.66. The van der Waals surface area contributed by atoms with E-state index in [1.54, 1.807) is 0 Å². The summed E-state index contributed by atoms with van der Waals surface area (Å²) in [7, 11) is -2.30. The van der Waals surface area contributed by atoms with Gasteiger partial charge in [0.15, 0.2) is 0 Å². The van der Waals surface area contributed by atoms with Gasteiger partial charge in [-0.2, -0.15) is 0 Å². The van der Waals surface area contributed by atoms with Crippen LogP contribution in [0.25, 0.3) is 0 Å². The Labute approximate surface area is 172 Å². The van der Waals surface area contributed by atoms with Gasteiger partial charge in [0, 0.05) is 0 Å². The van der Waals surface area contributed by atoms with Crippen LogP contribution in [0.3, 0.4) is 0 Å². The van der Waals surface area contributed by atoms with Gasteiger partial charge in [-0.05, 0) is 0 Å². The van der Waals surface area contributed by atoms with Crippen LogP contribution in [-0.2, 0) is 4.79 Å². The first-order valence-corrected chi connectivity index (χ1v) is 11.2. The van der Waals surface area contributed by atoms with Crippen LogP contribution in [0, 0.1) is 5.92 Å². The molecule has 0 radical (unpaired) electrons. The Kier molecular flexibility index (Phi) is 7.77. The Morgan fingerprint density at radius 1 is 0.778 bits per heavy atom. The van der Waals surface area contributed by atoms with Crippen molar-refractivity contribution in [2.75, 3.05) is 6.16 Å². The van der Waals surface area contributed by atoms with Crippen molar-refractivity contribution in [3.05, 3.63) is 91.0 Å². The van der Waals surface area contributed by atoms with E-state index in [0.29, 0.717) is 6.42 Å². The summed E-state index contributed by atoms with van der Waals surface area (Å²) in [6.45, 7) is 1.81. The minimum atomic E-state index is -2.30. The van der Waals surface area contributed by atoms with Crippen LogP contribution >= 0.6 is 24.2 Å². The molecule has 0 aliphatic carbocycles. The van der Waals surface area contributed by atoms with Gasteiger partial charge < -0.3 is 0 Å². The molecular formula is C23H26BrO2P. The van der Waals surface area contributed by atoms with E-state index in [1.807, 2.05) is 25.1 Å². The molecule has 0 heterocycles. The zero-order valence-electron chi connectivity index (χ0n) is 15.4. The fourth-order valence-electron chi connectivity index (χ4n) is 3.66. The number of carboxylic acid groups (broad SMARTS) is 1. The Morgan fingerprint density at radius 2 is 1.11 bits per heavy atom. The SMILES string of the molecule is Br.CC(CC[PH](c1ccccc1)(c1ccccc1)c1ccccc1)C(=O)O. The molecule has 142 valence electrons. The van der Waals surface area contributed by atoms with Gasteiger partial charge in [-0.25, -0.2) is 0 Å². The first-order valence-electron chi connectivity index (χ1n) is 9.04. The second-order valence-corrected chi connectivity index (χ2v) is 10.8. The molecule has 3 rings (SSSR count). The van der Waals surface area contributed by atoms with E-state index in [0.717, 1.165) is 6.16 Å². The topological polar surface area (TPSA) is 37.3 Å². The molecule has 4 heteroatoms. The van der Waals surface area contributed by atoms with Gasteiger partial charge in [0.2, 0.25) is 0 Å². The molecule has 0 bridgehead atoms. The Hall–Kier alpha value is -1.96. The Bertz CT molecular complexity index is 741. The Balaban J connectivity index is 0.00000261. The number of aliphatic carboxylic acids is 1. The van der Waals surface area contributed by atoms with Gasteiger partial charge in [-0.15, -0.1) is 17.0 Å². The third-order valence-corrected chi connectivity index (χ3v) is 10.2. The first-order chi connectivity index (χ1) is 12.6. The molecule has 1 unspecified atom stereocenters. The quantitative estimate of drug-likeness (QED) is 0.548. The van der Waals surface area contributed by atoms with Gasteiger partial charge in [-0.3, -0.25) is 0 Å². The summed E-state index contributed by atoms with van der Waals surface area (Å²) in [6.07, 6.45) is 1.54. The standard InChI is InChI=1S/C23H25O2P.BrH/c1-19(23(24)25)17-18-26(20-11-5-2-6-12-20,21-13-7-3-8-14-21)22-15-9-4-10-16-22;/h2-16,19,26H,17-18H2,1H3,(H,24,25);1H. The fourth-order valence-corrected chi connectivity index (χ4v) is 8.67. The summed E-state index contributed by atoms with van der Waals surface area (Å²) in [4.78, 5) is 11.4. The van der Waals surface area contributed by atoms with Crippen LogP contribution in [0.2, 0.25) is 0 Å². The summed E-state index contributed by atoms with van der Waals surface area (Å²) in [5.74, 6) is -1.07. The van der Waals surface area contributed by atoms with Gasteiger partial charge in [0.25, 0.3) is 0 Å². The molecule has 27 heavy (non-hydrogen) atoms. The number of carboxylic acids is 1. The molecule has 0 spiro atoms. The average molecular weight is 445 g/mol. The summed E-state index contributed by atoms with van der Waals surface area (Å²) < 4.78 is 0. The zero-order valence-corrected chi connectivity index (χ0v) is 18.1. The Morgan fingerprint density at radius 3 is 1.41 bits per heavy atom. The molecule has 0 saturated carbocycles. The second kappa shape index (κ2) is 9.82. The molecule has 3 aromatic rings. The molecule has 0 saturated heterocycles. The number of hydrogen-bond acceptors (Lipinski definition) is 1. The summed E-state index contributed by atoms with van der Waals surface area (Å²) in [5, 5.41) is 13.4. The summed E-state index contributed by atoms with van der Waals surface area (Å²) in [6, 6.07) is 31.9. The second-order valence-electron chi connectivity index (χ2n) is 6.78. The van der Waals surface area contributed by atoms with E-state index in [4.69, 9.17) is 0 Å². The predicted octanol–water partition coefficient (Wildman–Crippen LogP) is 4.40. The van der Waals surface area contributed by atoms with E-state index >= 15 is 0 Å². The van der Waals surface area contributed by atoms with Crippen LogP contribution in [0.15, 0.2) is 91.0 Å². The van der Waals surface area contributed by atoms with Crippen molar-refractivity contribution in [2.45, 2.75) is 13.3 Å². The van der Waals surface area contributed by atoms with E-state index in [1.165, 1.54) is 15.9 Å². The molecule has 0 aromatic heterocycles. The molecule has 2 nitrogen and oxygen atoms in total. The number of halogens is 1. The van der Waals surface area contributed by atoms with Gasteiger partial charge >= 0.3 is 155 Å². The molecule has 0 amide bonds. The maximum atomic E-state index is 11.4. The van der Waals surface area contributed by atoms with Crippen LogP contribution < -0.4 is 15.9 Å². The third-order valence-electron chi connectivity index (χ3n) is 5.17. The predicted molar refractivity (Wildman–Crippen MR) is 123 cm³/mol. The van der Waals surface area contributed by atoms with E-state index in [9.17, 15) is 9.90 Å². The van der Waals surface area contributed by atoms with Crippen molar-refractivity contribution in [1.29, 1.82) is 0 Å². The number of carbonyl (C=O) groups is 1. The van der Waals surface area contributed by atoms with Crippen molar-refractivity contribution in [3.8, 4) is 0 Å². The normalized spacial score (nSPS) is 12.6. The molecule has 1 N–H and O–H groups in total. The van der Waals surface area contributed by atoms with Crippen molar-refractivity contribution >= 4 is 46.1 Å². The maximum absolute atomic E-state index is 11.4. The van der Waals surface area contributed by atoms with Crippen molar-refractivity contribution in [3.63, 3.8) is 0 Å². The van der Waals surface area contributed by atoms with E-state index in [2.05, 4.69) is 72.8 Å². The number of benzene rings is 3. The summed E-state index contributed by atoms with van der Waals surface area (Å²) in [5.41, 5.74) is 0. The van der Waals surface area contributed by atoms with Gasteiger partial charge in [0.1, 0.15) is 0 Å². The summed E-state index contributed by atoms with van der Waals surface area (Å²) >= 11 is 0. The van der Waals surface area contributed by atoms with E-state index < -0.39 is 13.2 Å². The van der Waals surface area contributed by atoms with Crippen molar-refractivity contribution in [2.24, 2.45) is 5.92 Å². The van der Waals surface area contributed by atoms with Crippen LogP contribution in [0.1, 0.15) is 13.3 Å². The zero-order chi connectivity index (χ0) is 18.4. The molecule has 1 atom stereocenters. The van der Waals surface area contributed by atoms with Crippen LogP contribution in [-0.4, -0.2) is 17.2 Å². The fraction of sp³-hybridized carbons (Fsp3) is 0.174. The number of hydrogen-bond donors (Lipinski definition) is 1. The van der Waals surface area contributed by atoms with Crippen LogP contribution in [0.4, 0.5) is 0 Å². The monoisotopic (exact) mass is 444 g/mol. The molecule has 0 aliphatic heterocycles. The average Bonchev–Trinajstić information content (AvgIpc) is 2.70. The number of rotatable bonds is 7. The van der Waals surface area contributed by atoms with Crippen molar-refractivity contribution < 1.29 is 9.90 Å². The van der Waals surface area contributed by atoms with Crippen molar-refractivity contribution in [1.82, 2.24) is 0 Å². The molecule has 0 fully saturated rings. The van der Waals surface area contributed by atoms with Crippen LogP contribution in [0.5, 0.6) is 0 Å². The molecule has 3 aromatic carbocycles.